The van der Waals surface area contributed by atoms with Crippen molar-refractivity contribution in [1.82, 2.24) is 5.32 Å². The molecule has 2 nitrogen and oxygen atoms in total. The molecule has 0 saturated heterocycles. The Hall–Kier alpha value is -1.77. The van der Waals surface area contributed by atoms with Crippen LogP contribution in [-0.2, 0) is 4.74 Å². The predicted octanol–water partition coefficient (Wildman–Crippen LogP) is 6.33. The Morgan fingerprint density at radius 1 is 1.12 bits per heavy atom. The summed E-state index contributed by atoms with van der Waals surface area (Å²) >= 11 is 0. The number of ether oxygens (including phenoxy) is 1. The van der Waals surface area contributed by atoms with E-state index in [9.17, 15) is 0 Å². The van der Waals surface area contributed by atoms with Gasteiger partial charge in [-0.05, 0) is 61.6 Å². The first-order valence-electron chi connectivity index (χ1n) is 9.35. The zero-order valence-electron chi connectivity index (χ0n) is 16.2. The van der Waals surface area contributed by atoms with Gasteiger partial charge in [0.25, 0.3) is 0 Å². The molecule has 0 unspecified atom stereocenters. The van der Waals surface area contributed by atoms with Crippen LogP contribution in [-0.4, -0.2) is 12.1 Å². The lowest BCUT2D eigenvalue weighted by atomic mass is 9.82. The van der Waals surface area contributed by atoms with Crippen molar-refractivity contribution in [3.05, 3.63) is 71.5 Å². The van der Waals surface area contributed by atoms with Gasteiger partial charge in [-0.15, -0.1) is 12.4 Å². The molecule has 2 atom stereocenters. The standard InChI is InChI=1S/C23H29NO.ClH/c1-5-23(15-14-22(25-6-2)17(3)16-23)24-18(4)20-13-9-11-19-10-7-8-12-21(19)20;/h7-15,18,24H,5-6,16H2,1-4H3;1H/t18-,23+;/m1./s1. The summed E-state index contributed by atoms with van der Waals surface area (Å²) < 4.78 is 5.75. The lowest BCUT2D eigenvalue weighted by molar-refractivity contribution is 0.228. The second-order valence-electron chi connectivity index (χ2n) is 7.03. The van der Waals surface area contributed by atoms with Crippen LogP contribution in [0.1, 0.15) is 52.1 Å². The zero-order valence-corrected chi connectivity index (χ0v) is 17.0. The van der Waals surface area contributed by atoms with E-state index in [0.717, 1.165) is 25.2 Å². The minimum Gasteiger partial charge on any atom is -0.494 e. The number of allylic oxidation sites excluding steroid dienone is 1. The Morgan fingerprint density at radius 2 is 1.85 bits per heavy atom. The highest BCUT2D eigenvalue weighted by Gasteiger charge is 2.31. The summed E-state index contributed by atoms with van der Waals surface area (Å²) in [6, 6.07) is 15.5. The van der Waals surface area contributed by atoms with Gasteiger partial charge in [-0.25, -0.2) is 0 Å². The molecule has 0 aromatic heterocycles. The van der Waals surface area contributed by atoms with E-state index in [1.165, 1.54) is 21.9 Å². The van der Waals surface area contributed by atoms with Gasteiger partial charge in [0.05, 0.1) is 6.61 Å². The third-order valence-electron chi connectivity index (χ3n) is 5.28. The first-order valence-corrected chi connectivity index (χ1v) is 9.35. The minimum atomic E-state index is -0.0129. The molecule has 0 saturated carbocycles. The molecule has 2 aromatic rings. The molecule has 0 aliphatic heterocycles. The van der Waals surface area contributed by atoms with Crippen molar-refractivity contribution >= 4 is 23.2 Å². The van der Waals surface area contributed by atoms with E-state index < -0.39 is 0 Å². The number of fused-ring (bicyclic) bond motifs is 1. The zero-order chi connectivity index (χ0) is 17.9. The molecule has 0 fully saturated rings. The molecule has 0 amide bonds. The van der Waals surface area contributed by atoms with Gasteiger partial charge in [-0.2, -0.15) is 0 Å². The lowest BCUT2D eigenvalue weighted by Crippen LogP contribution is -2.45. The molecule has 140 valence electrons. The number of benzene rings is 2. The molecular formula is C23H30ClNO. The summed E-state index contributed by atoms with van der Waals surface area (Å²) in [5.41, 5.74) is 2.67. The molecule has 0 heterocycles. The van der Waals surface area contributed by atoms with Crippen molar-refractivity contribution < 1.29 is 4.74 Å². The molecule has 0 bridgehead atoms. The van der Waals surface area contributed by atoms with E-state index in [-0.39, 0.29) is 24.0 Å². The largest absolute Gasteiger partial charge is 0.494 e. The van der Waals surface area contributed by atoms with Crippen molar-refractivity contribution in [2.24, 2.45) is 0 Å². The van der Waals surface area contributed by atoms with E-state index in [1.807, 2.05) is 6.92 Å². The van der Waals surface area contributed by atoms with Crippen LogP contribution in [0.15, 0.2) is 65.9 Å². The van der Waals surface area contributed by atoms with Gasteiger partial charge in [0.2, 0.25) is 0 Å². The Bertz CT molecular complexity index is 805. The fraction of sp³-hybridized carbons (Fsp3) is 0.391. The van der Waals surface area contributed by atoms with Crippen LogP contribution >= 0.6 is 12.4 Å². The first kappa shape index (κ1) is 20.5. The summed E-state index contributed by atoms with van der Waals surface area (Å²) in [5.74, 6) is 1.03. The van der Waals surface area contributed by atoms with Gasteiger partial charge in [0.15, 0.2) is 0 Å². The highest BCUT2D eigenvalue weighted by molar-refractivity contribution is 5.86. The number of hydrogen-bond donors (Lipinski definition) is 1. The van der Waals surface area contributed by atoms with Crippen LogP contribution in [0.5, 0.6) is 0 Å². The summed E-state index contributed by atoms with van der Waals surface area (Å²) in [7, 11) is 0. The summed E-state index contributed by atoms with van der Waals surface area (Å²) in [6.45, 7) is 9.46. The Labute approximate surface area is 163 Å². The number of nitrogens with one attached hydrogen (secondary N) is 1. The van der Waals surface area contributed by atoms with Gasteiger partial charge in [0.1, 0.15) is 5.76 Å². The van der Waals surface area contributed by atoms with Crippen molar-refractivity contribution in [2.75, 3.05) is 6.61 Å². The molecule has 3 rings (SSSR count). The van der Waals surface area contributed by atoms with E-state index >= 15 is 0 Å². The second-order valence-corrected chi connectivity index (χ2v) is 7.03. The maximum Gasteiger partial charge on any atom is 0.118 e. The molecule has 0 spiro atoms. The third-order valence-corrected chi connectivity index (χ3v) is 5.28. The van der Waals surface area contributed by atoms with Gasteiger partial charge >= 0.3 is 0 Å². The summed E-state index contributed by atoms with van der Waals surface area (Å²) in [6.07, 6.45) is 6.49. The SMILES string of the molecule is CCOC1=C(C)C[C@@](CC)(N[C@H](C)c2cccc3ccccc23)C=C1.Cl. The highest BCUT2D eigenvalue weighted by Crippen LogP contribution is 2.33. The highest BCUT2D eigenvalue weighted by atomic mass is 35.5. The van der Waals surface area contributed by atoms with Crippen molar-refractivity contribution in [3.8, 4) is 0 Å². The van der Waals surface area contributed by atoms with Gasteiger partial charge in [-0.3, -0.25) is 0 Å². The third kappa shape index (κ3) is 4.13. The monoisotopic (exact) mass is 371 g/mol. The molecule has 26 heavy (non-hydrogen) atoms. The maximum absolute atomic E-state index is 5.75. The molecule has 1 N–H and O–H groups in total. The molecule has 1 aliphatic rings. The van der Waals surface area contributed by atoms with Gasteiger partial charge in [-0.1, -0.05) is 55.5 Å². The Morgan fingerprint density at radius 3 is 2.54 bits per heavy atom. The number of hydrogen-bond acceptors (Lipinski definition) is 2. The summed E-state index contributed by atoms with van der Waals surface area (Å²) in [4.78, 5) is 0. The fourth-order valence-corrected chi connectivity index (χ4v) is 3.90. The summed E-state index contributed by atoms with van der Waals surface area (Å²) in [5, 5.41) is 6.54. The van der Waals surface area contributed by atoms with E-state index in [1.54, 1.807) is 0 Å². The van der Waals surface area contributed by atoms with Crippen molar-refractivity contribution in [3.63, 3.8) is 0 Å². The van der Waals surface area contributed by atoms with Crippen LogP contribution in [0.2, 0.25) is 0 Å². The number of rotatable bonds is 6. The molecular weight excluding hydrogens is 342 g/mol. The second kappa shape index (κ2) is 8.75. The van der Waals surface area contributed by atoms with E-state index in [4.69, 9.17) is 4.74 Å². The van der Waals surface area contributed by atoms with E-state index in [2.05, 4.69) is 80.7 Å². The van der Waals surface area contributed by atoms with Crippen LogP contribution in [0.3, 0.4) is 0 Å². The van der Waals surface area contributed by atoms with Gasteiger partial charge in [0, 0.05) is 11.6 Å². The van der Waals surface area contributed by atoms with Crippen molar-refractivity contribution in [1.29, 1.82) is 0 Å². The van der Waals surface area contributed by atoms with Crippen LogP contribution in [0.25, 0.3) is 10.8 Å². The van der Waals surface area contributed by atoms with E-state index in [0.29, 0.717) is 0 Å². The maximum atomic E-state index is 5.75. The molecule has 0 radical (unpaired) electrons. The Kier molecular flexibility index (Phi) is 6.91. The lowest BCUT2D eigenvalue weighted by Gasteiger charge is -2.37. The smallest absolute Gasteiger partial charge is 0.118 e. The minimum absolute atomic E-state index is 0. The normalized spacial score (nSPS) is 20.8. The fourth-order valence-electron chi connectivity index (χ4n) is 3.90. The van der Waals surface area contributed by atoms with Crippen molar-refractivity contribution in [2.45, 2.75) is 52.1 Å². The first-order chi connectivity index (χ1) is 12.1. The topological polar surface area (TPSA) is 21.3 Å². The number of halogens is 1. The molecule has 2 aromatic carbocycles. The van der Waals surface area contributed by atoms with Gasteiger partial charge < -0.3 is 10.1 Å². The average molecular weight is 372 g/mol. The van der Waals surface area contributed by atoms with Crippen LogP contribution in [0, 0.1) is 0 Å². The van der Waals surface area contributed by atoms with Crippen LogP contribution in [0.4, 0.5) is 0 Å². The molecule has 3 heteroatoms. The predicted molar refractivity (Wildman–Crippen MR) is 114 cm³/mol. The Balaban J connectivity index is 0.00000243. The quantitative estimate of drug-likeness (QED) is 0.640. The average Bonchev–Trinajstić information content (AvgIpc) is 2.63. The van der Waals surface area contributed by atoms with Crippen LogP contribution < -0.4 is 5.32 Å². The molecule has 1 aliphatic carbocycles.